The second-order valence-corrected chi connectivity index (χ2v) is 5.45. The Morgan fingerprint density at radius 3 is 2.35 bits per heavy atom. The number of benzene rings is 1. The van der Waals surface area contributed by atoms with Gasteiger partial charge in [-0.25, -0.2) is 0 Å². The number of methoxy groups -OCH3 is 1. The lowest BCUT2D eigenvalue weighted by molar-refractivity contribution is 0.418. The van der Waals surface area contributed by atoms with Gasteiger partial charge in [0.05, 0.1) is 25.6 Å². The minimum Gasteiger partial charge on any atom is -0.492 e. The highest BCUT2D eigenvalue weighted by molar-refractivity contribution is 7.96. The Morgan fingerprint density at radius 2 is 1.88 bits per heavy atom. The van der Waals surface area contributed by atoms with Crippen molar-refractivity contribution in [3.63, 3.8) is 0 Å². The number of rotatable bonds is 4. The molecule has 0 fully saturated rings. The highest BCUT2D eigenvalue weighted by atomic mass is 32.2. The third-order valence-corrected chi connectivity index (χ3v) is 2.89. The van der Waals surface area contributed by atoms with Gasteiger partial charge in [-0.05, 0) is 23.1 Å². The Bertz CT molecular complexity index is 389. The zero-order valence-corrected chi connectivity index (χ0v) is 11.8. The monoisotopic (exact) mass is 256 g/mol. The molecular formula is C12H20N2O2S. The van der Waals surface area contributed by atoms with E-state index in [2.05, 4.69) is 25.5 Å². The summed E-state index contributed by atoms with van der Waals surface area (Å²) in [6.07, 6.45) is 0. The van der Waals surface area contributed by atoms with Crippen molar-refractivity contribution >= 4 is 23.6 Å². The first-order valence-electron chi connectivity index (χ1n) is 5.33. The van der Waals surface area contributed by atoms with Gasteiger partial charge in [0.2, 0.25) is 0 Å². The fraction of sp³-hybridized carbons (Fsp3) is 0.500. The predicted octanol–water partition coefficient (Wildman–Crippen LogP) is 3.20. The van der Waals surface area contributed by atoms with E-state index >= 15 is 0 Å². The Kier molecular flexibility index (Phi) is 4.54. The third kappa shape index (κ3) is 3.44. The SMILES string of the molecule is COSNc1cc(C(C)(C)C)cc(N)c1OC. The second-order valence-electron chi connectivity index (χ2n) is 4.75. The Morgan fingerprint density at radius 1 is 1.24 bits per heavy atom. The molecule has 0 aromatic heterocycles. The zero-order chi connectivity index (χ0) is 13.1. The van der Waals surface area contributed by atoms with Gasteiger partial charge < -0.3 is 19.4 Å². The molecule has 0 radical (unpaired) electrons. The molecule has 5 heteroatoms. The maximum absolute atomic E-state index is 5.99. The topological polar surface area (TPSA) is 56.5 Å². The van der Waals surface area contributed by atoms with Gasteiger partial charge in [-0.3, -0.25) is 0 Å². The summed E-state index contributed by atoms with van der Waals surface area (Å²) in [6, 6.07) is 3.97. The van der Waals surface area contributed by atoms with Crippen molar-refractivity contribution in [2.75, 3.05) is 24.7 Å². The quantitative estimate of drug-likeness (QED) is 0.492. The van der Waals surface area contributed by atoms with E-state index in [0.29, 0.717) is 11.4 Å². The molecule has 0 atom stereocenters. The summed E-state index contributed by atoms with van der Waals surface area (Å²) in [6.45, 7) is 6.42. The van der Waals surface area contributed by atoms with Gasteiger partial charge in [0, 0.05) is 0 Å². The van der Waals surface area contributed by atoms with Crippen LogP contribution in [0, 0.1) is 0 Å². The average Bonchev–Trinajstić information content (AvgIpc) is 2.24. The zero-order valence-electron chi connectivity index (χ0n) is 11.0. The van der Waals surface area contributed by atoms with Crippen molar-refractivity contribution in [3.8, 4) is 5.75 Å². The maximum atomic E-state index is 5.99. The van der Waals surface area contributed by atoms with E-state index in [0.717, 1.165) is 23.5 Å². The number of nitrogens with two attached hydrogens (primary N) is 1. The van der Waals surface area contributed by atoms with Crippen molar-refractivity contribution < 1.29 is 8.92 Å². The summed E-state index contributed by atoms with van der Waals surface area (Å²) in [4.78, 5) is 0. The van der Waals surface area contributed by atoms with Crippen molar-refractivity contribution in [1.29, 1.82) is 0 Å². The first-order valence-corrected chi connectivity index (χ1v) is 6.08. The molecule has 0 heterocycles. The first kappa shape index (κ1) is 14.0. The van der Waals surface area contributed by atoms with E-state index in [1.807, 2.05) is 12.1 Å². The Labute approximate surface area is 107 Å². The fourth-order valence-electron chi connectivity index (χ4n) is 1.47. The van der Waals surface area contributed by atoms with E-state index in [9.17, 15) is 0 Å². The van der Waals surface area contributed by atoms with Crippen LogP contribution in [-0.4, -0.2) is 14.2 Å². The molecule has 0 saturated heterocycles. The van der Waals surface area contributed by atoms with Crippen LogP contribution < -0.4 is 15.2 Å². The number of ether oxygens (including phenoxy) is 1. The van der Waals surface area contributed by atoms with Crippen LogP contribution in [0.4, 0.5) is 11.4 Å². The molecule has 96 valence electrons. The van der Waals surface area contributed by atoms with Gasteiger partial charge in [-0.2, -0.15) is 0 Å². The summed E-state index contributed by atoms with van der Waals surface area (Å²) in [5.74, 6) is 0.641. The molecular weight excluding hydrogens is 236 g/mol. The maximum Gasteiger partial charge on any atom is 0.165 e. The van der Waals surface area contributed by atoms with Crippen molar-refractivity contribution in [3.05, 3.63) is 17.7 Å². The molecule has 0 bridgehead atoms. The van der Waals surface area contributed by atoms with Crippen LogP contribution in [0.15, 0.2) is 12.1 Å². The molecule has 1 aromatic rings. The van der Waals surface area contributed by atoms with Crippen molar-refractivity contribution in [2.24, 2.45) is 0 Å². The van der Waals surface area contributed by atoms with Gasteiger partial charge in [-0.1, -0.05) is 20.8 Å². The van der Waals surface area contributed by atoms with Crippen LogP contribution >= 0.6 is 12.2 Å². The lowest BCUT2D eigenvalue weighted by Gasteiger charge is -2.22. The van der Waals surface area contributed by atoms with E-state index in [4.69, 9.17) is 14.7 Å². The lowest BCUT2D eigenvalue weighted by Crippen LogP contribution is -2.12. The molecule has 0 aliphatic heterocycles. The summed E-state index contributed by atoms with van der Waals surface area (Å²) < 4.78 is 13.3. The number of hydrogen-bond acceptors (Lipinski definition) is 5. The molecule has 4 nitrogen and oxygen atoms in total. The summed E-state index contributed by atoms with van der Waals surface area (Å²) in [5.41, 5.74) is 8.62. The van der Waals surface area contributed by atoms with Crippen LogP contribution in [0.25, 0.3) is 0 Å². The van der Waals surface area contributed by atoms with E-state index < -0.39 is 0 Å². The fourth-order valence-corrected chi connectivity index (χ4v) is 1.80. The van der Waals surface area contributed by atoms with Gasteiger partial charge in [-0.15, -0.1) is 0 Å². The predicted molar refractivity (Wildman–Crippen MR) is 74.3 cm³/mol. The van der Waals surface area contributed by atoms with Gasteiger partial charge in [0.25, 0.3) is 0 Å². The molecule has 0 amide bonds. The molecule has 0 spiro atoms. The first-order chi connectivity index (χ1) is 7.90. The van der Waals surface area contributed by atoms with Crippen LogP contribution in [0.1, 0.15) is 26.3 Å². The second kappa shape index (κ2) is 5.51. The Hall–Kier alpha value is -1.07. The molecule has 3 N–H and O–H groups in total. The summed E-state index contributed by atoms with van der Waals surface area (Å²) >= 11 is 1.13. The number of nitrogen functional groups attached to an aromatic ring is 1. The largest absolute Gasteiger partial charge is 0.492 e. The molecule has 0 unspecified atom stereocenters. The van der Waals surface area contributed by atoms with Crippen LogP contribution in [0.3, 0.4) is 0 Å². The Balaban J connectivity index is 3.19. The van der Waals surface area contributed by atoms with Gasteiger partial charge in [0.15, 0.2) is 5.75 Å². The molecule has 0 saturated carbocycles. The lowest BCUT2D eigenvalue weighted by atomic mass is 9.86. The number of nitrogens with one attached hydrogen (secondary N) is 1. The minimum atomic E-state index is 0.0363. The van der Waals surface area contributed by atoms with Gasteiger partial charge in [0.1, 0.15) is 12.2 Å². The highest BCUT2D eigenvalue weighted by Gasteiger charge is 2.18. The molecule has 0 aliphatic carbocycles. The highest BCUT2D eigenvalue weighted by Crippen LogP contribution is 2.37. The standard InChI is InChI=1S/C12H20N2O2S/c1-12(2,3)8-6-9(13)11(15-4)10(7-8)14-17-16-5/h6-7,14H,13H2,1-5H3. The number of anilines is 2. The minimum absolute atomic E-state index is 0.0363. The summed E-state index contributed by atoms with van der Waals surface area (Å²) in [7, 11) is 3.20. The van der Waals surface area contributed by atoms with E-state index in [1.54, 1.807) is 14.2 Å². The van der Waals surface area contributed by atoms with Crippen molar-refractivity contribution in [2.45, 2.75) is 26.2 Å². The van der Waals surface area contributed by atoms with E-state index in [1.165, 1.54) is 0 Å². The van der Waals surface area contributed by atoms with Crippen molar-refractivity contribution in [1.82, 2.24) is 0 Å². The summed E-state index contributed by atoms with van der Waals surface area (Å²) in [5, 5.41) is 0. The third-order valence-electron chi connectivity index (χ3n) is 2.42. The number of hydrogen-bond donors (Lipinski definition) is 2. The van der Waals surface area contributed by atoms with Crippen LogP contribution in [0.5, 0.6) is 5.75 Å². The smallest absolute Gasteiger partial charge is 0.165 e. The normalized spacial score (nSPS) is 11.4. The van der Waals surface area contributed by atoms with Crippen LogP contribution in [-0.2, 0) is 9.60 Å². The molecule has 17 heavy (non-hydrogen) atoms. The molecule has 0 aliphatic rings. The van der Waals surface area contributed by atoms with Gasteiger partial charge >= 0.3 is 0 Å². The average molecular weight is 256 g/mol. The molecule has 1 rings (SSSR count). The molecule has 1 aromatic carbocycles. The van der Waals surface area contributed by atoms with E-state index in [-0.39, 0.29) is 5.41 Å². The van der Waals surface area contributed by atoms with Crippen LogP contribution in [0.2, 0.25) is 0 Å².